The highest BCUT2D eigenvalue weighted by Gasteiger charge is 2.17. The largest absolute Gasteiger partial charge is 0.341 e. The number of nitrogens with one attached hydrogen (secondary N) is 2. The fourth-order valence-corrected chi connectivity index (χ4v) is 1.77. The molecule has 114 valence electrons. The third-order valence-electron chi connectivity index (χ3n) is 2.97. The summed E-state index contributed by atoms with van der Waals surface area (Å²) >= 11 is 0. The molecule has 2 aromatic carbocycles. The lowest BCUT2D eigenvalue weighted by Crippen LogP contribution is -2.41. The van der Waals surface area contributed by atoms with Crippen molar-refractivity contribution in [2.75, 3.05) is 5.32 Å². The Morgan fingerprint density at radius 3 is 2.36 bits per heavy atom. The van der Waals surface area contributed by atoms with Gasteiger partial charge in [0, 0.05) is 11.6 Å². The quantitative estimate of drug-likeness (QED) is 0.912. The molecule has 0 aliphatic rings. The van der Waals surface area contributed by atoms with E-state index in [-0.39, 0.29) is 5.69 Å². The first-order valence-corrected chi connectivity index (χ1v) is 6.59. The van der Waals surface area contributed by atoms with Crippen LogP contribution in [0.15, 0.2) is 48.5 Å². The van der Waals surface area contributed by atoms with Gasteiger partial charge in [-0.3, -0.25) is 9.59 Å². The van der Waals surface area contributed by atoms with Crippen LogP contribution in [0.1, 0.15) is 17.3 Å². The molecule has 0 saturated heterocycles. The van der Waals surface area contributed by atoms with Crippen LogP contribution in [0.3, 0.4) is 0 Å². The molecule has 6 heteroatoms. The summed E-state index contributed by atoms with van der Waals surface area (Å²) in [7, 11) is 0. The summed E-state index contributed by atoms with van der Waals surface area (Å²) in [6, 6.07) is 10.3. The third-order valence-corrected chi connectivity index (χ3v) is 2.97. The zero-order valence-electron chi connectivity index (χ0n) is 11.8. The first-order valence-electron chi connectivity index (χ1n) is 6.59. The molecule has 1 atom stereocenters. The molecule has 0 aromatic heterocycles. The molecule has 2 amide bonds. The van der Waals surface area contributed by atoms with Gasteiger partial charge in [-0.2, -0.15) is 0 Å². The van der Waals surface area contributed by atoms with E-state index in [0.29, 0.717) is 11.6 Å². The molecule has 0 aliphatic heterocycles. The Labute approximate surface area is 126 Å². The average Bonchev–Trinajstić information content (AvgIpc) is 2.50. The molecule has 0 unspecified atom stereocenters. The summed E-state index contributed by atoms with van der Waals surface area (Å²) in [6.45, 7) is 1.47. The first-order chi connectivity index (χ1) is 10.5. The minimum Gasteiger partial charge on any atom is -0.341 e. The summed E-state index contributed by atoms with van der Waals surface area (Å²) in [5, 5.41) is 4.80. The van der Waals surface area contributed by atoms with Gasteiger partial charge < -0.3 is 10.6 Å². The van der Waals surface area contributed by atoms with Gasteiger partial charge in [0.05, 0.1) is 5.69 Å². The van der Waals surface area contributed by atoms with Crippen molar-refractivity contribution in [1.82, 2.24) is 5.32 Å². The standard InChI is InChI=1S/C16H14F2N2O2/c1-10(19-16(22)11-5-3-2-4-6-11)15(21)20-14-8-7-12(17)9-13(14)18/h2-10H,1H3,(H,19,22)(H,20,21)/t10-/m0/s1. The van der Waals surface area contributed by atoms with Gasteiger partial charge in [0.15, 0.2) is 0 Å². The Kier molecular flexibility index (Phi) is 4.83. The van der Waals surface area contributed by atoms with Crippen molar-refractivity contribution in [3.05, 3.63) is 65.7 Å². The molecular formula is C16H14F2N2O2. The SMILES string of the molecule is C[C@H](NC(=O)c1ccccc1)C(=O)Nc1ccc(F)cc1F. The first kappa shape index (κ1) is 15.6. The number of rotatable bonds is 4. The van der Waals surface area contributed by atoms with E-state index in [1.54, 1.807) is 30.3 Å². The van der Waals surface area contributed by atoms with E-state index in [4.69, 9.17) is 0 Å². The number of anilines is 1. The predicted molar refractivity (Wildman–Crippen MR) is 78.4 cm³/mol. The Balaban J connectivity index is 1.99. The maximum absolute atomic E-state index is 13.5. The minimum absolute atomic E-state index is 0.146. The van der Waals surface area contributed by atoms with Gasteiger partial charge in [-0.25, -0.2) is 8.78 Å². The molecule has 0 fully saturated rings. The van der Waals surface area contributed by atoms with Gasteiger partial charge in [0.2, 0.25) is 5.91 Å². The summed E-state index contributed by atoms with van der Waals surface area (Å²) in [5.74, 6) is -2.63. The molecule has 0 heterocycles. The van der Waals surface area contributed by atoms with E-state index >= 15 is 0 Å². The van der Waals surface area contributed by atoms with Gasteiger partial charge in [-0.15, -0.1) is 0 Å². The lowest BCUT2D eigenvalue weighted by Gasteiger charge is -2.14. The molecular weight excluding hydrogens is 290 g/mol. The normalized spacial score (nSPS) is 11.6. The predicted octanol–water partition coefficient (Wildman–Crippen LogP) is 2.72. The van der Waals surface area contributed by atoms with Crippen LogP contribution in [0.5, 0.6) is 0 Å². The average molecular weight is 304 g/mol. The molecule has 0 bridgehead atoms. The van der Waals surface area contributed by atoms with E-state index in [2.05, 4.69) is 10.6 Å². The van der Waals surface area contributed by atoms with Gasteiger partial charge in [0.25, 0.3) is 5.91 Å². The summed E-state index contributed by atoms with van der Waals surface area (Å²) in [5.41, 5.74) is 0.266. The molecule has 2 aromatic rings. The van der Waals surface area contributed by atoms with Crippen LogP contribution in [0, 0.1) is 11.6 Å². The fraction of sp³-hybridized carbons (Fsp3) is 0.125. The maximum Gasteiger partial charge on any atom is 0.251 e. The van der Waals surface area contributed by atoms with Crippen LogP contribution < -0.4 is 10.6 Å². The van der Waals surface area contributed by atoms with Crippen molar-refractivity contribution >= 4 is 17.5 Å². The Morgan fingerprint density at radius 1 is 1.05 bits per heavy atom. The number of amides is 2. The lowest BCUT2D eigenvalue weighted by molar-refractivity contribution is -0.117. The van der Waals surface area contributed by atoms with Crippen molar-refractivity contribution in [3.8, 4) is 0 Å². The number of halogens is 2. The van der Waals surface area contributed by atoms with E-state index in [1.165, 1.54) is 6.92 Å². The van der Waals surface area contributed by atoms with Gasteiger partial charge in [-0.05, 0) is 31.2 Å². The smallest absolute Gasteiger partial charge is 0.251 e. The molecule has 4 nitrogen and oxygen atoms in total. The van der Waals surface area contributed by atoms with Crippen LogP contribution in [-0.2, 0) is 4.79 Å². The summed E-state index contributed by atoms with van der Waals surface area (Å²) < 4.78 is 26.3. The molecule has 0 aliphatic carbocycles. The molecule has 0 saturated carbocycles. The van der Waals surface area contributed by atoms with E-state index in [1.807, 2.05) is 0 Å². The monoisotopic (exact) mass is 304 g/mol. The third kappa shape index (κ3) is 3.88. The highest BCUT2D eigenvalue weighted by atomic mass is 19.1. The van der Waals surface area contributed by atoms with Gasteiger partial charge in [-0.1, -0.05) is 18.2 Å². The molecule has 2 N–H and O–H groups in total. The zero-order valence-corrected chi connectivity index (χ0v) is 11.8. The lowest BCUT2D eigenvalue weighted by atomic mass is 10.2. The van der Waals surface area contributed by atoms with Crippen molar-refractivity contribution in [3.63, 3.8) is 0 Å². The maximum atomic E-state index is 13.5. The Bertz CT molecular complexity index is 690. The van der Waals surface area contributed by atoms with Crippen LogP contribution in [0.2, 0.25) is 0 Å². The molecule has 2 rings (SSSR count). The Hall–Kier alpha value is -2.76. The second-order valence-corrected chi connectivity index (χ2v) is 4.67. The topological polar surface area (TPSA) is 58.2 Å². The number of hydrogen-bond donors (Lipinski definition) is 2. The van der Waals surface area contributed by atoms with E-state index in [9.17, 15) is 18.4 Å². The number of hydrogen-bond acceptors (Lipinski definition) is 2. The Morgan fingerprint density at radius 2 is 1.73 bits per heavy atom. The highest BCUT2D eigenvalue weighted by molar-refractivity contribution is 6.00. The number of carbonyl (C=O) groups excluding carboxylic acids is 2. The van der Waals surface area contributed by atoms with Crippen molar-refractivity contribution in [1.29, 1.82) is 0 Å². The zero-order chi connectivity index (χ0) is 16.1. The van der Waals surface area contributed by atoms with Gasteiger partial charge >= 0.3 is 0 Å². The van der Waals surface area contributed by atoms with Crippen LogP contribution in [-0.4, -0.2) is 17.9 Å². The van der Waals surface area contributed by atoms with Crippen molar-refractivity contribution < 1.29 is 18.4 Å². The van der Waals surface area contributed by atoms with Crippen molar-refractivity contribution in [2.45, 2.75) is 13.0 Å². The van der Waals surface area contributed by atoms with E-state index < -0.39 is 29.5 Å². The van der Waals surface area contributed by atoms with E-state index in [0.717, 1.165) is 12.1 Å². The molecule has 0 spiro atoms. The molecule has 0 radical (unpaired) electrons. The van der Waals surface area contributed by atoms with Crippen LogP contribution >= 0.6 is 0 Å². The van der Waals surface area contributed by atoms with Crippen LogP contribution in [0.4, 0.5) is 14.5 Å². The number of carbonyl (C=O) groups is 2. The second kappa shape index (κ2) is 6.80. The van der Waals surface area contributed by atoms with Gasteiger partial charge in [0.1, 0.15) is 17.7 Å². The molecule has 22 heavy (non-hydrogen) atoms. The fourth-order valence-electron chi connectivity index (χ4n) is 1.77. The minimum atomic E-state index is -0.880. The second-order valence-electron chi connectivity index (χ2n) is 4.67. The summed E-state index contributed by atoms with van der Waals surface area (Å²) in [6.07, 6.45) is 0. The summed E-state index contributed by atoms with van der Waals surface area (Å²) in [4.78, 5) is 23.8. The van der Waals surface area contributed by atoms with Crippen molar-refractivity contribution in [2.24, 2.45) is 0 Å². The number of benzene rings is 2. The van der Waals surface area contributed by atoms with Crippen LogP contribution in [0.25, 0.3) is 0 Å². The highest BCUT2D eigenvalue weighted by Crippen LogP contribution is 2.15.